The Kier molecular flexibility index (Phi) is 4.02. The number of fused-ring (bicyclic) bond motifs is 2. The van der Waals surface area contributed by atoms with Crippen LogP contribution in [-0.2, 0) is 10.1 Å². The number of carbonyl (C=O) groups is 2. The maximum Gasteiger partial charge on any atom is 0.296 e. The van der Waals surface area contributed by atoms with Gasteiger partial charge in [-0.05, 0) is 30.3 Å². The highest BCUT2D eigenvalue weighted by Gasteiger charge is 2.34. The number of carbonyl (C=O) groups excluding carboxylic acids is 2. The lowest BCUT2D eigenvalue weighted by Gasteiger charge is -2.22. The van der Waals surface area contributed by atoms with Crippen LogP contribution in [0.15, 0.2) is 65.6 Å². The number of hydrogen-bond donors (Lipinski definition) is 3. The highest BCUT2D eigenvalue weighted by Crippen LogP contribution is 2.37. The molecule has 0 saturated heterocycles. The molecule has 0 unspecified atom stereocenters. The molecule has 0 aromatic heterocycles. The van der Waals surface area contributed by atoms with Gasteiger partial charge in [-0.1, -0.05) is 30.3 Å². The van der Waals surface area contributed by atoms with E-state index in [1.54, 1.807) is 36.4 Å². The Labute approximate surface area is 160 Å². The van der Waals surface area contributed by atoms with Crippen molar-refractivity contribution in [3.63, 3.8) is 0 Å². The van der Waals surface area contributed by atoms with Gasteiger partial charge in [0.05, 0.1) is 11.3 Å². The van der Waals surface area contributed by atoms with Gasteiger partial charge in [-0.25, -0.2) is 0 Å². The van der Waals surface area contributed by atoms with Crippen LogP contribution in [0.4, 0.5) is 17.1 Å². The first-order valence-electron chi connectivity index (χ1n) is 8.23. The van der Waals surface area contributed by atoms with E-state index in [2.05, 4.69) is 5.32 Å². The first-order chi connectivity index (χ1) is 13.3. The summed E-state index contributed by atoms with van der Waals surface area (Å²) in [6.07, 6.45) is 0. The second-order valence-corrected chi connectivity index (χ2v) is 7.68. The van der Waals surface area contributed by atoms with Crippen molar-refractivity contribution in [2.75, 3.05) is 11.1 Å². The standard InChI is InChI=1S/C20H14N2O5S/c21-11-4-3-5-12(10-11)22-18-16(28(25,26)27)9-8-15-17(18)20(24)14-7-2-1-6-13(14)19(15)23/h1-10,22H,21H2,(H,25,26,27). The molecule has 0 saturated carbocycles. The molecule has 8 heteroatoms. The zero-order valence-electron chi connectivity index (χ0n) is 14.3. The highest BCUT2D eigenvalue weighted by molar-refractivity contribution is 7.86. The van der Waals surface area contributed by atoms with Crippen LogP contribution in [0.1, 0.15) is 31.8 Å². The molecular formula is C20H14N2O5S. The van der Waals surface area contributed by atoms with Gasteiger partial charge in [0, 0.05) is 28.1 Å². The van der Waals surface area contributed by atoms with E-state index in [4.69, 9.17) is 5.73 Å². The molecule has 0 aliphatic heterocycles. The van der Waals surface area contributed by atoms with E-state index in [-0.39, 0.29) is 27.9 Å². The van der Waals surface area contributed by atoms with E-state index in [9.17, 15) is 22.6 Å². The number of ketones is 2. The topological polar surface area (TPSA) is 127 Å². The highest BCUT2D eigenvalue weighted by atomic mass is 32.2. The Balaban J connectivity index is 2.01. The molecular weight excluding hydrogens is 380 g/mol. The fraction of sp³-hybridized carbons (Fsp3) is 0. The molecule has 3 aromatic rings. The van der Waals surface area contributed by atoms with Gasteiger partial charge >= 0.3 is 0 Å². The van der Waals surface area contributed by atoms with E-state index in [0.29, 0.717) is 11.4 Å². The van der Waals surface area contributed by atoms with Crippen LogP contribution >= 0.6 is 0 Å². The molecule has 0 bridgehead atoms. The average molecular weight is 394 g/mol. The van der Waals surface area contributed by atoms with Gasteiger partial charge in [0.15, 0.2) is 11.6 Å². The number of nitrogen functional groups attached to an aromatic ring is 1. The van der Waals surface area contributed by atoms with Gasteiger partial charge in [0.1, 0.15) is 4.90 Å². The van der Waals surface area contributed by atoms with Gasteiger partial charge in [-0.15, -0.1) is 0 Å². The molecule has 3 aromatic carbocycles. The number of anilines is 3. The van der Waals surface area contributed by atoms with Gasteiger partial charge in [-0.3, -0.25) is 14.1 Å². The maximum atomic E-state index is 13.1. The van der Waals surface area contributed by atoms with E-state index in [1.807, 2.05) is 0 Å². The number of nitrogens with two attached hydrogens (primary N) is 1. The third kappa shape index (κ3) is 2.84. The maximum absolute atomic E-state index is 13.1. The van der Waals surface area contributed by atoms with E-state index in [0.717, 1.165) is 6.07 Å². The Morgan fingerprint density at radius 3 is 2.14 bits per heavy atom. The molecule has 140 valence electrons. The summed E-state index contributed by atoms with van der Waals surface area (Å²) in [5, 5.41) is 2.84. The van der Waals surface area contributed by atoms with Crippen molar-refractivity contribution in [2.45, 2.75) is 4.90 Å². The average Bonchev–Trinajstić information content (AvgIpc) is 2.65. The summed E-state index contributed by atoms with van der Waals surface area (Å²) in [7, 11) is -4.67. The lowest BCUT2D eigenvalue weighted by Crippen LogP contribution is -2.23. The fourth-order valence-corrected chi connectivity index (χ4v) is 3.92. The molecule has 0 heterocycles. The predicted molar refractivity (Wildman–Crippen MR) is 104 cm³/mol. The molecule has 0 radical (unpaired) electrons. The van der Waals surface area contributed by atoms with Gasteiger partial charge in [0.25, 0.3) is 10.1 Å². The third-order valence-corrected chi connectivity index (χ3v) is 5.39. The Bertz CT molecular complexity index is 1270. The second kappa shape index (κ2) is 6.29. The SMILES string of the molecule is Nc1cccc(Nc2c(S(=O)(=O)O)ccc3c2C(=O)c2ccccc2C3=O)c1. The minimum Gasteiger partial charge on any atom is -0.399 e. The molecule has 28 heavy (non-hydrogen) atoms. The Morgan fingerprint density at radius 1 is 0.821 bits per heavy atom. The van der Waals surface area contributed by atoms with Crippen LogP contribution in [-0.4, -0.2) is 24.5 Å². The summed E-state index contributed by atoms with van der Waals surface area (Å²) >= 11 is 0. The number of nitrogens with one attached hydrogen (secondary N) is 1. The summed E-state index contributed by atoms with van der Waals surface area (Å²) in [4.78, 5) is 25.5. The van der Waals surface area contributed by atoms with Crippen LogP contribution in [0, 0.1) is 0 Å². The molecule has 0 spiro atoms. The molecule has 0 fully saturated rings. The summed E-state index contributed by atoms with van der Waals surface area (Å²) in [5.74, 6) is -0.912. The lowest BCUT2D eigenvalue weighted by molar-refractivity contribution is 0.0979. The first kappa shape index (κ1) is 17.9. The van der Waals surface area contributed by atoms with Crippen molar-refractivity contribution in [1.82, 2.24) is 0 Å². The van der Waals surface area contributed by atoms with Crippen LogP contribution in [0.2, 0.25) is 0 Å². The molecule has 4 rings (SSSR count). The van der Waals surface area contributed by atoms with Crippen LogP contribution in [0.3, 0.4) is 0 Å². The van der Waals surface area contributed by atoms with Crippen molar-refractivity contribution in [3.05, 3.63) is 82.9 Å². The zero-order valence-corrected chi connectivity index (χ0v) is 15.2. The summed E-state index contributed by atoms with van der Waals surface area (Å²) in [6, 6.07) is 15.1. The predicted octanol–water partition coefficient (Wildman–Crippen LogP) is 3.03. The van der Waals surface area contributed by atoms with E-state index >= 15 is 0 Å². The fourth-order valence-electron chi connectivity index (χ4n) is 3.27. The van der Waals surface area contributed by atoms with Crippen molar-refractivity contribution in [3.8, 4) is 0 Å². The second-order valence-electron chi connectivity index (χ2n) is 6.29. The normalized spacial score (nSPS) is 13.0. The minimum atomic E-state index is -4.67. The third-order valence-electron chi connectivity index (χ3n) is 4.49. The molecule has 0 atom stereocenters. The number of benzene rings is 3. The summed E-state index contributed by atoms with van der Waals surface area (Å²) in [6.45, 7) is 0. The first-order valence-corrected chi connectivity index (χ1v) is 9.67. The summed E-state index contributed by atoms with van der Waals surface area (Å²) in [5.41, 5.74) is 6.77. The smallest absolute Gasteiger partial charge is 0.296 e. The molecule has 4 N–H and O–H groups in total. The monoisotopic (exact) mass is 394 g/mol. The Hall–Kier alpha value is -3.49. The van der Waals surface area contributed by atoms with Crippen molar-refractivity contribution < 1.29 is 22.6 Å². The number of rotatable bonds is 3. The van der Waals surface area contributed by atoms with E-state index in [1.165, 1.54) is 18.2 Å². The number of hydrogen-bond acceptors (Lipinski definition) is 6. The van der Waals surface area contributed by atoms with Crippen molar-refractivity contribution in [1.29, 1.82) is 0 Å². The van der Waals surface area contributed by atoms with Crippen molar-refractivity contribution >= 4 is 38.7 Å². The lowest BCUT2D eigenvalue weighted by atomic mass is 9.83. The quantitative estimate of drug-likeness (QED) is 0.360. The molecule has 1 aliphatic carbocycles. The minimum absolute atomic E-state index is 0.0579. The van der Waals surface area contributed by atoms with Gasteiger partial charge in [0.2, 0.25) is 0 Å². The largest absolute Gasteiger partial charge is 0.399 e. The van der Waals surface area contributed by atoms with Crippen LogP contribution in [0.25, 0.3) is 0 Å². The molecule has 0 amide bonds. The van der Waals surface area contributed by atoms with Crippen LogP contribution in [0.5, 0.6) is 0 Å². The Morgan fingerprint density at radius 2 is 1.50 bits per heavy atom. The molecule has 1 aliphatic rings. The van der Waals surface area contributed by atoms with E-state index < -0.39 is 26.6 Å². The van der Waals surface area contributed by atoms with Gasteiger partial charge < -0.3 is 11.1 Å². The van der Waals surface area contributed by atoms with Gasteiger partial charge in [-0.2, -0.15) is 8.42 Å². The van der Waals surface area contributed by atoms with Crippen LogP contribution < -0.4 is 11.1 Å². The zero-order chi connectivity index (χ0) is 20.1. The molecule has 7 nitrogen and oxygen atoms in total. The summed E-state index contributed by atoms with van der Waals surface area (Å²) < 4.78 is 33.5. The van der Waals surface area contributed by atoms with Crippen molar-refractivity contribution in [2.24, 2.45) is 0 Å².